The molecule has 1 saturated carbocycles. The van der Waals surface area contributed by atoms with Gasteiger partial charge < -0.3 is 0 Å². The first-order valence-electron chi connectivity index (χ1n) is 8.37. The molecule has 0 saturated heterocycles. The van der Waals surface area contributed by atoms with Crippen LogP contribution in [0.5, 0.6) is 0 Å². The van der Waals surface area contributed by atoms with Gasteiger partial charge in [0.25, 0.3) is 0 Å². The van der Waals surface area contributed by atoms with Crippen molar-refractivity contribution in [1.29, 1.82) is 0 Å². The van der Waals surface area contributed by atoms with Crippen LogP contribution in [-0.2, 0) is 10.8 Å². The summed E-state index contributed by atoms with van der Waals surface area (Å²) in [7, 11) is 0. The zero-order valence-electron chi connectivity index (χ0n) is 14.5. The average Bonchev–Trinajstić information content (AvgIpc) is 2.37. The molecule has 0 amide bonds. The monoisotopic (exact) mass is 306 g/mol. The Hall–Kier alpha value is -0.490. The highest BCUT2D eigenvalue weighted by Gasteiger charge is 2.39. The molecule has 3 atom stereocenters. The SMILES string of the molecule is CC1CCC(C(C)(C)c2ccc(C(C)(C)C)cc2)C(Cl)C1. The molecule has 0 N–H and O–H groups in total. The fourth-order valence-electron chi connectivity index (χ4n) is 3.74. The van der Waals surface area contributed by atoms with Crippen molar-refractivity contribution in [2.75, 3.05) is 0 Å². The Bertz CT molecular complexity index is 464. The molecular formula is C20H31Cl. The van der Waals surface area contributed by atoms with E-state index in [2.05, 4.69) is 65.8 Å². The van der Waals surface area contributed by atoms with Crippen LogP contribution < -0.4 is 0 Å². The minimum Gasteiger partial charge on any atom is -0.123 e. The van der Waals surface area contributed by atoms with Gasteiger partial charge in [-0.25, -0.2) is 0 Å². The lowest BCUT2D eigenvalue weighted by Crippen LogP contribution is -2.38. The molecule has 0 spiro atoms. The number of hydrogen-bond donors (Lipinski definition) is 0. The van der Waals surface area contributed by atoms with Gasteiger partial charge in [0.05, 0.1) is 0 Å². The van der Waals surface area contributed by atoms with Crippen LogP contribution in [0.4, 0.5) is 0 Å². The molecule has 0 bridgehead atoms. The molecule has 1 aromatic rings. The molecule has 0 aromatic heterocycles. The van der Waals surface area contributed by atoms with Crippen LogP contribution in [0.25, 0.3) is 0 Å². The first kappa shape index (κ1) is 16.9. The maximum Gasteiger partial charge on any atom is 0.0375 e. The van der Waals surface area contributed by atoms with Crippen molar-refractivity contribution in [1.82, 2.24) is 0 Å². The van der Waals surface area contributed by atoms with Gasteiger partial charge in [0.2, 0.25) is 0 Å². The molecule has 1 heteroatoms. The van der Waals surface area contributed by atoms with Gasteiger partial charge in [-0.05, 0) is 46.6 Å². The molecular weight excluding hydrogens is 276 g/mol. The third kappa shape index (κ3) is 3.65. The highest BCUT2D eigenvalue weighted by atomic mass is 35.5. The molecule has 118 valence electrons. The smallest absolute Gasteiger partial charge is 0.0375 e. The van der Waals surface area contributed by atoms with Crippen LogP contribution in [0.3, 0.4) is 0 Å². The van der Waals surface area contributed by atoms with E-state index in [9.17, 15) is 0 Å². The fraction of sp³-hybridized carbons (Fsp3) is 0.700. The van der Waals surface area contributed by atoms with E-state index in [-0.39, 0.29) is 10.8 Å². The van der Waals surface area contributed by atoms with E-state index in [0.717, 1.165) is 12.3 Å². The van der Waals surface area contributed by atoms with Crippen LogP contribution in [0, 0.1) is 11.8 Å². The first-order valence-corrected chi connectivity index (χ1v) is 8.81. The maximum atomic E-state index is 6.72. The van der Waals surface area contributed by atoms with E-state index < -0.39 is 0 Å². The zero-order chi connectivity index (χ0) is 15.8. The maximum absolute atomic E-state index is 6.72. The summed E-state index contributed by atoms with van der Waals surface area (Å²) < 4.78 is 0. The third-order valence-corrected chi connectivity index (χ3v) is 5.94. The second-order valence-electron chi connectivity index (χ2n) is 8.59. The Labute approximate surface area is 136 Å². The summed E-state index contributed by atoms with van der Waals surface area (Å²) in [6.07, 6.45) is 3.73. The first-order chi connectivity index (χ1) is 9.62. The lowest BCUT2D eigenvalue weighted by Gasteiger charge is -2.42. The van der Waals surface area contributed by atoms with Crippen LogP contribution in [0.2, 0.25) is 0 Å². The van der Waals surface area contributed by atoms with Crippen molar-refractivity contribution in [3.05, 3.63) is 35.4 Å². The summed E-state index contributed by atoms with van der Waals surface area (Å²) in [4.78, 5) is 0. The summed E-state index contributed by atoms with van der Waals surface area (Å²) in [5.74, 6) is 1.36. The quantitative estimate of drug-likeness (QED) is 0.562. The van der Waals surface area contributed by atoms with Gasteiger partial charge in [0.1, 0.15) is 0 Å². The highest BCUT2D eigenvalue weighted by Crippen LogP contribution is 2.44. The van der Waals surface area contributed by atoms with E-state index in [1.165, 1.54) is 24.0 Å². The highest BCUT2D eigenvalue weighted by molar-refractivity contribution is 6.20. The molecule has 1 aliphatic rings. The van der Waals surface area contributed by atoms with Gasteiger partial charge in [0.15, 0.2) is 0 Å². The zero-order valence-corrected chi connectivity index (χ0v) is 15.3. The van der Waals surface area contributed by atoms with Gasteiger partial charge in [-0.1, -0.05) is 72.2 Å². The van der Waals surface area contributed by atoms with E-state index in [0.29, 0.717) is 11.3 Å². The van der Waals surface area contributed by atoms with Gasteiger partial charge in [-0.15, -0.1) is 11.6 Å². The lowest BCUT2D eigenvalue weighted by molar-refractivity contribution is 0.207. The number of hydrogen-bond acceptors (Lipinski definition) is 0. The van der Waals surface area contributed by atoms with Crippen LogP contribution in [-0.4, -0.2) is 5.38 Å². The molecule has 21 heavy (non-hydrogen) atoms. The van der Waals surface area contributed by atoms with Gasteiger partial charge in [0, 0.05) is 5.38 Å². The predicted molar refractivity (Wildman–Crippen MR) is 94.3 cm³/mol. The van der Waals surface area contributed by atoms with Crippen molar-refractivity contribution >= 4 is 11.6 Å². The van der Waals surface area contributed by atoms with E-state index in [4.69, 9.17) is 11.6 Å². The molecule has 0 heterocycles. The van der Waals surface area contributed by atoms with Crippen LogP contribution >= 0.6 is 11.6 Å². The molecule has 0 aliphatic heterocycles. The number of rotatable bonds is 2. The van der Waals surface area contributed by atoms with Gasteiger partial charge in [-0.2, -0.15) is 0 Å². The lowest BCUT2D eigenvalue weighted by atomic mass is 9.65. The van der Waals surface area contributed by atoms with E-state index in [1.807, 2.05) is 0 Å². The Morgan fingerprint density at radius 3 is 1.90 bits per heavy atom. The topological polar surface area (TPSA) is 0 Å². The Morgan fingerprint density at radius 2 is 1.43 bits per heavy atom. The second kappa shape index (κ2) is 5.95. The normalized spacial score (nSPS) is 27.7. The summed E-state index contributed by atoms with van der Waals surface area (Å²) >= 11 is 6.72. The second-order valence-corrected chi connectivity index (χ2v) is 9.15. The predicted octanol–water partition coefficient (Wildman–Crippen LogP) is 6.31. The number of halogens is 1. The summed E-state index contributed by atoms with van der Waals surface area (Å²) in [5.41, 5.74) is 3.21. The van der Waals surface area contributed by atoms with Crippen molar-refractivity contribution in [3.8, 4) is 0 Å². The van der Waals surface area contributed by atoms with E-state index in [1.54, 1.807) is 0 Å². The van der Waals surface area contributed by atoms with Gasteiger partial charge in [-0.3, -0.25) is 0 Å². The molecule has 0 radical (unpaired) electrons. The van der Waals surface area contributed by atoms with Crippen molar-refractivity contribution in [3.63, 3.8) is 0 Å². The minimum atomic E-state index is 0.156. The number of alkyl halides is 1. The third-order valence-electron chi connectivity index (χ3n) is 5.46. The molecule has 1 aromatic carbocycles. The molecule has 3 unspecified atom stereocenters. The van der Waals surface area contributed by atoms with Crippen molar-refractivity contribution < 1.29 is 0 Å². The van der Waals surface area contributed by atoms with Crippen molar-refractivity contribution in [2.45, 2.75) is 77.0 Å². The van der Waals surface area contributed by atoms with Crippen LogP contribution in [0.15, 0.2) is 24.3 Å². The largest absolute Gasteiger partial charge is 0.123 e. The summed E-state index contributed by atoms with van der Waals surface area (Å²) in [5, 5.41) is 0.311. The Kier molecular flexibility index (Phi) is 4.78. The fourth-order valence-corrected chi connectivity index (χ4v) is 4.48. The Balaban J connectivity index is 2.23. The molecule has 1 fully saturated rings. The molecule has 2 rings (SSSR count). The van der Waals surface area contributed by atoms with E-state index >= 15 is 0 Å². The van der Waals surface area contributed by atoms with Gasteiger partial charge >= 0.3 is 0 Å². The standard InChI is InChI=1S/C20H31Cl/c1-14-7-12-17(18(21)13-14)20(5,6)16-10-8-15(9-11-16)19(2,3)4/h8-11,14,17-18H,7,12-13H2,1-6H3. The van der Waals surface area contributed by atoms with Crippen molar-refractivity contribution in [2.24, 2.45) is 11.8 Å². The molecule has 1 aliphatic carbocycles. The van der Waals surface area contributed by atoms with Crippen LogP contribution in [0.1, 0.15) is 71.9 Å². The molecule has 0 nitrogen and oxygen atoms in total. The average molecular weight is 307 g/mol. The summed E-state index contributed by atoms with van der Waals surface area (Å²) in [6.45, 7) is 13.9. The Morgan fingerprint density at radius 1 is 0.905 bits per heavy atom. The minimum absolute atomic E-state index is 0.156. The number of benzene rings is 1. The summed E-state index contributed by atoms with van der Waals surface area (Å²) in [6, 6.07) is 9.24.